The zero-order chi connectivity index (χ0) is 15.6. The number of hydrogen-bond donors (Lipinski definition) is 1. The molecule has 0 radical (unpaired) electrons. The average molecular weight is 359 g/mol. The minimum atomic E-state index is -4.48. The fourth-order valence-electron chi connectivity index (χ4n) is 1.68. The van der Waals surface area contributed by atoms with Crippen LogP contribution in [0, 0.1) is 17.1 Å². The zero-order valence-corrected chi connectivity index (χ0v) is 11.9. The molecule has 0 heterocycles. The number of halogens is 5. The van der Waals surface area contributed by atoms with E-state index in [4.69, 9.17) is 5.26 Å². The lowest BCUT2D eigenvalue weighted by Crippen LogP contribution is -2.05. The highest BCUT2D eigenvalue weighted by Crippen LogP contribution is 2.35. The fraction of sp³-hybridized carbons (Fsp3) is 0.0714. The standard InChI is InChI=1S/C14H7BrF4N2/c15-12-2-1-9(14(17,18)19)5-13(12)21-11-4-8(7-20)3-10(16)6-11/h1-6,21H. The summed E-state index contributed by atoms with van der Waals surface area (Å²) in [4.78, 5) is 0. The highest BCUT2D eigenvalue weighted by molar-refractivity contribution is 9.10. The summed E-state index contributed by atoms with van der Waals surface area (Å²) in [5.41, 5.74) is -0.448. The maximum absolute atomic E-state index is 13.3. The van der Waals surface area contributed by atoms with Crippen LogP contribution >= 0.6 is 15.9 Å². The van der Waals surface area contributed by atoms with Crippen LogP contribution in [0.15, 0.2) is 40.9 Å². The lowest BCUT2D eigenvalue weighted by molar-refractivity contribution is -0.137. The Morgan fingerprint density at radius 2 is 1.81 bits per heavy atom. The summed E-state index contributed by atoms with van der Waals surface area (Å²) in [6.07, 6.45) is -4.48. The van der Waals surface area contributed by atoms with Crippen molar-refractivity contribution in [2.24, 2.45) is 0 Å². The van der Waals surface area contributed by atoms with Crippen LogP contribution in [0.4, 0.5) is 28.9 Å². The van der Waals surface area contributed by atoms with Gasteiger partial charge in [-0.05, 0) is 52.3 Å². The molecule has 0 bridgehead atoms. The van der Waals surface area contributed by atoms with Gasteiger partial charge in [0.2, 0.25) is 0 Å². The first-order valence-electron chi connectivity index (χ1n) is 5.64. The Kier molecular flexibility index (Phi) is 4.19. The first kappa shape index (κ1) is 15.3. The van der Waals surface area contributed by atoms with Crippen LogP contribution in [0.3, 0.4) is 0 Å². The number of nitrogens with zero attached hydrogens (tertiary/aromatic N) is 1. The molecule has 21 heavy (non-hydrogen) atoms. The predicted octanol–water partition coefficient (Wildman–Crippen LogP) is 5.22. The quantitative estimate of drug-likeness (QED) is 0.746. The van der Waals surface area contributed by atoms with Gasteiger partial charge in [0.15, 0.2) is 0 Å². The molecule has 108 valence electrons. The van der Waals surface area contributed by atoms with Crippen LogP contribution in [0.5, 0.6) is 0 Å². The molecule has 0 aliphatic rings. The number of nitrogens with one attached hydrogen (secondary N) is 1. The second kappa shape index (κ2) is 5.74. The van der Waals surface area contributed by atoms with Gasteiger partial charge in [-0.2, -0.15) is 18.4 Å². The van der Waals surface area contributed by atoms with E-state index in [-0.39, 0.29) is 16.9 Å². The molecule has 1 N–H and O–H groups in total. The molecule has 2 rings (SSSR count). The molecule has 0 aliphatic carbocycles. The van der Waals surface area contributed by atoms with Crippen molar-refractivity contribution in [1.29, 1.82) is 5.26 Å². The summed E-state index contributed by atoms with van der Waals surface area (Å²) in [5.74, 6) is -0.653. The molecule has 2 aromatic carbocycles. The van der Waals surface area contributed by atoms with E-state index < -0.39 is 17.6 Å². The summed E-state index contributed by atoms with van der Waals surface area (Å²) in [6, 6.07) is 8.32. The summed E-state index contributed by atoms with van der Waals surface area (Å²) in [5, 5.41) is 11.4. The predicted molar refractivity (Wildman–Crippen MR) is 73.5 cm³/mol. The van der Waals surface area contributed by atoms with Crippen LogP contribution in [-0.2, 0) is 6.18 Å². The SMILES string of the molecule is N#Cc1cc(F)cc(Nc2cc(C(F)(F)F)ccc2Br)c1. The first-order chi connectivity index (χ1) is 9.79. The first-order valence-corrected chi connectivity index (χ1v) is 6.43. The lowest BCUT2D eigenvalue weighted by atomic mass is 10.1. The highest BCUT2D eigenvalue weighted by Gasteiger charge is 2.30. The second-order valence-corrected chi connectivity index (χ2v) is 5.01. The van der Waals surface area contributed by atoms with Gasteiger partial charge in [-0.1, -0.05) is 0 Å². The molecule has 0 spiro atoms. The second-order valence-electron chi connectivity index (χ2n) is 4.16. The summed E-state index contributed by atoms with van der Waals surface area (Å²) < 4.78 is 51.7. The summed E-state index contributed by atoms with van der Waals surface area (Å²) in [7, 11) is 0. The third kappa shape index (κ3) is 3.73. The van der Waals surface area contributed by atoms with E-state index in [0.29, 0.717) is 4.47 Å². The third-order valence-corrected chi connectivity index (χ3v) is 3.29. The van der Waals surface area contributed by atoms with Gasteiger partial charge < -0.3 is 5.32 Å². The molecule has 0 saturated carbocycles. The van der Waals surface area contributed by atoms with Gasteiger partial charge in [0, 0.05) is 10.2 Å². The lowest BCUT2D eigenvalue weighted by Gasteiger charge is -2.13. The van der Waals surface area contributed by atoms with Gasteiger partial charge in [0.1, 0.15) is 5.82 Å². The summed E-state index contributed by atoms with van der Waals surface area (Å²) in [6.45, 7) is 0. The Morgan fingerprint density at radius 1 is 1.10 bits per heavy atom. The maximum Gasteiger partial charge on any atom is 0.416 e. The number of alkyl halides is 3. The Hall–Kier alpha value is -2.07. The molecule has 0 unspecified atom stereocenters. The maximum atomic E-state index is 13.3. The molecule has 0 saturated heterocycles. The van der Waals surface area contributed by atoms with Crippen molar-refractivity contribution in [1.82, 2.24) is 0 Å². The number of rotatable bonds is 2. The Morgan fingerprint density at radius 3 is 2.43 bits per heavy atom. The van der Waals surface area contributed by atoms with Crippen LogP contribution < -0.4 is 5.32 Å². The van der Waals surface area contributed by atoms with Gasteiger partial charge in [-0.15, -0.1) is 0 Å². The molecule has 7 heteroatoms. The number of benzene rings is 2. The molecular formula is C14H7BrF4N2. The van der Waals surface area contributed by atoms with Crippen LogP contribution in [-0.4, -0.2) is 0 Å². The van der Waals surface area contributed by atoms with Gasteiger partial charge in [-0.25, -0.2) is 4.39 Å². The monoisotopic (exact) mass is 358 g/mol. The van der Waals surface area contributed by atoms with E-state index >= 15 is 0 Å². The van der Waals surface area contributed by atoms with Gasteiger partial charge in [0.25, 0.3) is 0 Å². The van der Waals surface area contributed by atoms with Crippen molar-refractivity contribution >= 4 is 27.3 Å². The number of anilines is 2. The van der Waals surface area contributed by atoms with Crippen molar-refractivity contribution in [3.63, 3.8) is 0 Å². The normalized spacial score (nSPS) is 11.0. The molecular weight excluding hydrogens is 352 g/mol. The van der Waals surface area contributed by atoms with E-state index in [0.717, 1.165) is 24.3 Å². The number of hydrogen-bond acceptors (Lipinski definition) is 2. The summed E-state index contributed by atoms with van der Waals surface area (Å²) >= 11 is 3.12. The smallest absolute Gasteiger partial charge is 0.354 e. The van der Waals surface area contributed by atoms with Crippen molar-refractivity contribution in [3.05, 3.63) is 57.8 Å². The molecule has 0 amide bonds. The topological polar surface area (TPSA) is 35.8 Å². The van der Waals surface area contributed by atoms with Crippen molar-refractivity contribution < 1.29 is 17.6 Å². The average Bonchev–Trinajstić information content (AvgIpc) is 2.39. The molecule has 2 aromatic rings. The minimum Gasteiger partial charge on any atom is -0.354 e. The van der Waals surface area contributed by atoms with Gasteiger partial charge in [-0.3, -0.25) is 0 Å². The van der Waals surface area contributed by atoms with E-state index in [2.05, 4.69) is 21.2 Å². The van der Waals surface area contributed by atoms with Crippen molar-refractivity contribution in [3.8, 4) is 6.07 Å². The molecule has 0 atom stereocenters. The van der Waals surface area contributed by atoms with Crippen LogP contribution in [0.1, 0.15) is 11.1 Å². The Bertz CT molecular complexity index is 720. The Balaban J connectivity index is 2.40. The van der Waals surface area contributed by atoms with Gasteiger partial charge >= 0.3 is 6.18 Å². The van der Waals surface area contributed by atoms with E-state index in [9.17, 15) is 17.6 Å². The highest BCUT2D eigenvalue weighted by atomic mass is 79.9. The van der Waals surface area contributed by atoms with Crippen LogP contribution in [0.25, 0.3) is 0 Å². The third-order valence-electron chi connectivity index (χ3n) is 2.60. The van der Waals surface area contributed by atoms with E-state index in [1.54, 1.807) is 6.07 Å². The molecule has 0 fully saturated rings. The molecule has 0 aromatic heterocycles. The zero-order valence-electron chi connectivity index (χ0n) is 10.3. The molecule has 0 aliphatic heterocycles. The van der Waals surface area contributed by atoms with Crippen LogP contribution in [0.2, 0.25) is 0 Å². The Labute approximate surface area is 126 Å². The van der Waals surface area contributed by atoms with Crippen molar-refractivity contribution in [2.75, 3.05) is 5.32 Å². The van der Waals surface area contributed by atoms with Gasteiger partial charge in [0.05, 0.1) is 22.9 Å². The largest absolute Gasteiger partial charge is 0.416 e. The van der Waals surface area contributed by atoms with E-state index in [1.807, 2.05) is 0 Å². The fourth-order valence-corrected chi connectivity index (χ4v) is 2.03. The minimum absolute atomic E-state index is 0.0700. The number of nitriles is 1. The van der Waals surface area contributed by atoms with Crippen molar-refractivity contribution in [2.45, 2.75) is 6.18 Å². The molecule has 2 nitrogen and oxygen atoms in total. The van der Waals surface area contributed by atoms with E-state index in [1.165, 1.54) is 12.1 Å².